The summed E-state index contributed by atoms with van der Waals surface area (Å²) < 4.78 is 4.74. The van der Waals surface area contributed by atoms with Crippen molar-refractivity contribution in [3.63, 3.8) is 0 Å². The van der Waals surface area contributed by atoms with Gasteiger partial charge in [0.2, 0.25) is 5.91 Å². The highest BCUT2D eigenvalue weighted by atomic mass is 32.1. The Morgan fingerprint density at radius 2 is 2.12 bits per heavy atom. The molecule has 24 heavy (non-hydrogen) atoms. The Hall–Kier alpha value is -2.67. The first kappa shape index (κ1) is 16.2. The van der Waals surface area contributed by atoms with Gasteiger partial charge >= 0.3 is 0 Å². The quantitative estimate of drug-likeness (QED) is 0.743. The van der Waals surface area contributed by atoms with E-state index in [1.165, 1.54) is 28.7 Å². The zero-order valence-electron chi connectivity index (χ0n) is 13.5. The molecule has 124 valence electrons. The van der Waals surface area contributed by atoms with E-state index < -0.39 is 0 Å². The third kappa shape index (κ3) is 3.62. The lowest BCUT2D eigenvalue weighted by atomic mass is 10.0. The Kier molecular flexibility index (Phi) is 4.61. The number of hydrogen-bond donors (Lipinski definition) is 2. The maximum Gasteiger partial charge on any atom is 0.225 e. The van der Waals surface area contributed by atoms with Crippen molar-refractivity contribution < 1.29 is 9.32 Å². The summed E-state index contributed by atoms with van der Waals surface area (Å²) in [5.74, 6) is -0.105. The lowest BCUT2D eigenvalue weighted by molar-refractivity contribution is -0.120. The number of amides is 1. The molecule has 0 saturated heterocycles. The lowest BCUT2D eigenvalue weighted by Crippen LogP contribution is -2.24. The fraction of sp³-hybridized carbons (Fsp3) is 0.235. The fourth-order valence-electron chi connectivity index (χ4n) is 2.33. The van der Waals surface area contributed by atoms with Gasteiger partial charge in [-0.25, -0.2) is 4.98 Å². The summed E-state index contributed by atoms with van der Waals surface area (Å²) in [4.78, 5) is 17.4. The maximum absolute atomic E-state index is 12.2. The van der Waals surface area contributed by atoms with Gasteiger partial charge in [-0.15, -0.1) is 11.3 Å². The molecule has 2 aromatic heterocycles. The second kappa shape index (κ2) is 6.84. The smallest absolute Gasteiger partial charge is 0.225 e. The molecular weight excluding hydrogens is 324 g/mol. The predicted octanol–water partition coefficient (Wildman–Crippen LogP) is 2.86. The number of nitrogens with zero attached hydrogens (tertiary/aromatic N) is 2. The number of anilines is 1. The molecule has 3 N–H and O–H groups in total. The molecule has 3 rings (SSSR count). The molecule has 0 unspecified atom stereocenters. The van der Waals surface area contributed by atoms with Crippen molar-refractivity contribution in [3.05, 3.63) is 52.2 Å². The van der Waals surface area contributed by atoms with Gasteiger partial charge in [-0.05, 0) is 31.0 Å². The molecule has 0 saturated carbocycles. The topological polar surface area (TPSA) is 94.0 Å². The van der Waals surface area contributed by atoms with Crippen LogP contribution in [0.3, 0.4) is 0 Å². The minimum Gasteiger partial charge on any atom is -0.375 e. The zero-order chi connectivity index (χ0) is 17.1. The molecule has 0 radical (unpaired) electrons. The molecule has 0 atom stereocenters. The van der Waals surface area contributed by atoms with Gasteiger partial charge in [-0.1, -0.05) is 17.3 Å². The monoisotopic (exact) mass is 342 g/mol. The number of thiazole rings is 1. The van der Waals surface area contributed by atoms with Crippen LogP contribution in [0.5, 0.6) is 0 Å². The molecule has 2 heterocycles. The number of nitrogens with one attached hydrogen (secondary N) is 1. The minimum atomic E-state index is -0.105. The number of carbonyl (C=O) groups is 1. The van der Waals surface area contributed by atoms with Gasteiger partial charge in [-0.2, -0.15) is 0 Å². The SMILES string of the molecule is Cc1ccc(-c2nc(N)sc2CC(=O)NCc2ccon2)cc1C. The molecule has 0 aliphatic heterocycles. The summed E-state index contributed by atoms with van der Waals surface area (Å²) in [6.07, 6.45) is 1.71. The number of nitrogen functional groups attached to an aromatic ring is 1. The van der Waals surface area contributed by atoms with Gasteiger partial charge in [0.1, 0.15) is 12.0 Å². The van der Waals surface area contributed by atoms with Crippen LogP contribution in [0.25, 0.3) is 11.3 Å². The standard InChI is InChI=1S/C17H18N4O2S/c1-10-3-4-12(7-11(10)2)16-14(24-17(18)20-16)8-15(22)19-9-13-5-6-23-21-13/h3-7H,8-9H2,1-2H3,(H2,18,20)(H,19,22). The Morgan fingerprint density at radius 3 is 2.83 bits per heavy atom. The number of hydrogen-bond acceptors (Lipinski definition) is 6. The Balaban J connectivity index is 1.76. The number of rotatable bonds is 5. The van der Waals surface area contributed by atoms with Gasteiger partial charge in [0, 0.05) is 16.5 Å². The van der Waals surface area contributed by atoms with Crippen LogP contribution in [0.15, 0.2) is 35.1 Å². The van der Waals surface area contributed by atoms with Crippen LogP contribution in [0.4, 0.5) is 5.13 Å². The molecule has 1 aromatic carbocycles. The summed E-state index contributed by atoms with van der Waals surface area (Å²) in [5.41, 5.74) is 10.7. The first-order valence-electron chi connectivity index (χ1n) is 7.51. The van der Waals surface area contributed by atoms with Crippen molar-refractivity contribution in [2.75, 3.05) is 5.73 Å². The number of benzene rings is 1. The van der Waals surface area contributed by atoms with Crippen molar-refractivity contribution in [1.29, 1.82) is 0 Å². The van der Waals surface area contributed by atoms with Gasteiger partial charge in [-0.3, -0.25) is 4.79 Å². The Labute approximate surface area is 143 Å². The molecule has 0 spiro atoms. The number of carbonyl (C=O) groups excluding carboxylic acids is 1. The number of nitrogens with two attached hydrogens (primary N) is 1. The predicted molar refractivity (Wildman–Crippen MR) is 93.5 cm³/mol. The van der Waals surface area contributed by atoms with Crippen LogP contribution in [0.1, 0.15) is 21.7 Å². The second-order valence-corrected chi connectivity index (χ2v) is 6.68. The molecule has 0 aliphatic carbocycles. The maximum atomic E-state index is 12.2. The summed E-state index contributed by atoms with van der Waals surface area (Å²) >= 11 is 1.34. The third-order valence-corrected chi connectivity index (χ3v) is 4.66. The van der Waals surface area contributed by atoms with Gasteiger partial charge in [0.15, 0.2) is 5.13 Å². The van der Waals surface area contributed by atoms with Crippen LogP contribution < -0.4 is 11.1 Å². The highest BCUT2D eigenvalue weighted by Gasteiger charge is 2.16. The van der Waals surface area contributed by atoms with E-state index in [0.29, 0.717) is 17.4 Å². The van der Waals surface area contributed by atoms with Crippen LogP contribution in [-0.4, -0.2) is 16.0 Å². The van der Waals surface area contributed by atoms with Crippen molar-refractivity contribution in [2.24, 2.45) is 0 Å². The average Bonchev–Trinajstić information content (AvgIpc) is 3.18. The molecule has 0 fully saturated rings. The highest BCUT2D eigenvalue weighted by Crippen LogP contribution is 2.31. The van der Waals surface area contributed by atoms with Gasteiger partial charge < -0.3 is 15.6 Å². The summed E-state index contributed by atoms with van der Waals surface area (Å²) in [6.45, 7) is 4.45. The van der Waals surface area contributed by atoms with Crippen LogP contribution in [-0.2, 0) is 17.8 Å². The van der Waals surface area contributed by atoms with Crippen molar-refractivity contribution in [3.8, 4) is 11.3 Å². The van der Waals surface area contributed by atoms with Gasteiger partial charge in [0.05, 0.1) is 18.7 Å². The average molecular weight is 342 g/mol. The van der Waals surface area contributed by atoms with Gasteiger partial charge in [0.25, 0.3) is 0 Å². The lowest BCUT2D eigenvalue weighted by Gasteiger charge is -2.06. The van der Waals surface area contributed by atoms with Crippen molar-refractivity contribution in [2.45, 2.75) is 26.8 Å². The number of aromatic nitrogens is 2. The van der Waals surface area contributed by atoms with E-state index in [9.17, 15) is 4.79 Å². The first-order valence-corrected chi connectivity index (χ1v) is 8.33. The van der Waals surface area contributed by atoms with Crippen molar-refractivity contribution >= 4 is 22.4 Å². The summed E-state index contributed by atoms with van der Waals surface area (Å²) in [7, 11) is 0. The molecule has 1 amide bonds. The van der Waals surface area contributed by atoms with Crippen LogP contribution in [0.2, 0.25) is 0 Å². The normalized spacial score (nSPS) is 10.8. The van der Waals surface area contributed by atoms with E-state index >= 15 is 0 Å². The Bertz CT molecular complexity index is 856. The molecule has 7 heteroatoms. The Morgan fingerprint density at radius 1 is 1.29 bits per heavy atom. The van der Waals surface area contributed by atoms with Crippen LogP contribution >= 0.6 is 11.3 Å². The summed E-state index contributed by atoms with van der Waals surface area (Å²) in [5, 5.41) is 7.04. The molecule has 6 nitrogen and oxygen atoms in total. The minimum absolute atomic E-state index is 0.105. The molecule has 0 aliphatic rings. The first-order chi connectivity index (χ1) is 11.5. The van der Waals surface area contributed by atoms with E-state index in [0.717, 1.165) is 16.1 Å². The third-order valence-electron chi connectivity index (χ3n) is 3.77. The van der Waals surface area contributed by atoms with E-state index in [-0.39, 0.29) is 12.3 Å². The van der Waals surface area contributed by atoms with E-state index in [2.05, 4.69) is 41.4 Å². The van der Waals surface area contributed by atoms with Crippen LogP contribution in [0, 0.1) is 13.8 Å². The molecular formula is C17H18N4O2S. The van der Waals surface area contributed by atoms with Crippen molar-refractivity contribution in [1.82, 2.24) is 15.5 Å². The zero-order valence-corrected chi connectivity index (χ0v) is 14.3. The summed E-state index contributed by atoms with van der Waals surface area (Å²) in [6, 6.07) is 7.84. The molecule has 3 aromatic rings. The molecule has 0 bridgehead atoms. The van der Waals surface area contributed by atoms with E-state index in [4.69, 9.17) is 10.3 Å². The fourth-order valence-corrected chi connectivity index (χ4v) is 3.18. The number of aryl methyl sites for hydroxylation is 2. The van der Waals surface area contributed by atoms with E-state index in [1.807, 2.05) is 6.07 Å². The van der Waals surface area contributed by atoms with E-state index in [1.54, 1.807) is 6.07 Å². The second-order valence-electron chi connectivity index (χ2n) is 5.57. The largest absolute Gasteiger partial charge is 0.375 e. The highest BCUT2D eigenvalue weighted by molar-refractivity contribution is 7.15.